The van der Waals surface area contributed by atoms with Crippen molar-refractivity contribution in [1.29, 1.82) is 0 Å². The first kappa shape index (κ1) is 9.52. The molecule has 3 heteroatoms. The van der Waals surface area contributed by atoms with Crippen molar-refractivity contribution in [2.75, 3.05) is 6.54 Å². The Hall–Kier alpha value is -0.570. The molecule has 0 amide bonds. The average molecular weight is 171 g/mol. The third-order valence-electron chi connectivity index (χ3n) is 2.43. The van der Waals surface area contributed by atoms with Crippen molar-refractivity contribution in [3.63, 3.8) is 0 Å². The van der Waals surface area contributed by atoms with E-state index in [4.69, 9.17) is 5.11 Å². The van der Waals surface area contributed by atoms with Crippen LogP contribution in [-0.4, -0.2) is 23.2 Å². The molecule has 0 aliphatic heterocycles. The van der Waals surface area contributed by atoms with E-state index < -0.39 is 11.5 Å². The maximum atomic E-state index is 10.9. The molecule has 70 valence electrons. The predicted octanol–water partition coefficient (Wildman–Crippen LogP) is 1.24. The molecule has 1 fully saturated rings. The summed E-state index contributed by atoms with van der Waals surface area (Å²) in [6.07, 6.45) is 3.18. The van der Waals surface area contributed by atoms with Gasteiger partial charge < -0.3 is 10.4 Å². The molecule has 0 spiro atoms. The molecule has 0 aromatic rings. The molecule has 0 aromatic carbocycles. The van der Waals surface area contributed by atoms with Crippen LogP contribution < -0.4 is 5.32 Å². The highest BCUT2D eigenvalue weighted by molar-refractivity contribution is 5.78. The Morgan fingerprint density at radius 3 is 2.58 bits per heavy atom. The minimum atomic E-state index is -0.726. The fourth-order valence-electron chi connectivity index (χ4n) is 1.52. The number of carbonyl (C=O) groups is 1. The summed E-state index contributed by atoms with van der Waals surface area (Å²) in [5.74, 6) is -0.0820. The average Bonchev–Trinajstić information content (AvgIpc) is 2.71. The summed E-state index contributed by atoms with van der Waals surface area (Å²) in [7, 11) is 0. The monoisotopic (exact) mass is 171 g/mol. The van der Waals surface area contributed by atoms with Crippen LogP contribution in [0.25, 0.3) is 0 Å². The summed E-state index contributed by atoms with van der Waals surface area (Å²) in [6.45, 7) is 4.43. The molecule has 3 nitrogen and oxygen atoms in total. The lowest BCUT2D eigenvalue weighted by molar-refractivity contribution is -0.144. The van der Waals surface area contributed by atoms with Crippen LogP contribution in [0.2, 0.25) is 0 Å². The number of likely N-dealkylation sites (N-methyl/N-ethyl adjacent to an activating group) is 1. The van der Waals surface area contributed by atoms with E-state index in [9.17, 15) is 4.79 Å². The smallest absolute Gasteiger partial charge is 0.323 e. The van der Waals surface area contributed by atoms with Gasteiger partial charge >= 0.3 is 5.97 Å². The highest BCUT2D eigenvalue weighted by Gasteiger charge is 2.38. The Kier molecular flexibility index (Phi) is 2.73. The summed E-state index contributed by atoms with van der Waals surface area (Å²) in [5, 5.41) is 12.0. The number of rotatable bonds is 5. The Balaban J connectivity index is 2.49. The molecule has 0 bridgehead atoms. The summed E-state index contributed by atoms with van der Waals surface area (Å²) >= 11 is 0. The van der Waals surface area contributed by atoms with Crippen molar-refractivity contribution >= 4 is 5.97 Å². The maximum Gasteiger partial charge on any atom is 0.323 e. The quantitative estimate of drug-likeness (QED) is 0.654. The number of aliphatic carboxylic acids is 1. The van der Waals surface area contributed by atoms with Gasteiger partial charge in [-0.15, -0.1) is 0 Å². The molecule has 1 aliphatic carbocycles. The van der Waals surface area contributed by atoms with Crippen molar-refractivity contribution in [3.8, 4) is 0 Å². The van der Waals surface area contributed by atoms with Gasteiger partial charge in [0.05, 0.1) is 0 Å². The summed E-state index contributed by atoms with van der Waals surface area (Å²) in [4.78, 5) is 10.9. The molecule has 1 atom stereocenters. The molecule has 1 aliphatic rings. The fraction of sp³-hybridized carbons (Fsp3) is 0.889. The lowest BCUT2D eigenvalue weighted by Gasteiger charge is -2.25. The summed E-state index contributed by atoms with van der Waals surface area (Å²) in [5.41, 5.74) is -0.698. The van der Waals surface area contributed by atoms with Crippen LogP contribution in [0.15, 0.2) is 0 Å². The van der Waals surface area contributed by atoms with Crippen molar-refractivity contribution in [2.45, 2.75) is 38.6 Å². The highest BCUT2D eigenvalue weighted by Crippen LogP contribution is 2.36. The first-order chi connectivity index (χ1) is 5.58. The van der Waals surface area contributed by atoms with Gasteiger partial charge in [0, 0.05) is 0 Å². The van der Waals surface area contributed by atoms with Gasteiger partial charge in [0.2, 0.25) is 0 Å². The van der Waals surface area contributed by atoms with E-state index in [0.717, 1.165) is 13.0 Å². The maximum absolute atomic E-state index is 10.9. The Labute approximate surface area is 73.2 Å². The zero-order valence-electron chi connectivity index (χ0n) is 7.76. The Bertz CT molecular complexity index is 177. The SMILES string of the molecule is CCNC(C)(CC1CC1)C(=O)O. The summed E-state index contributed by atoms with van der Waals surface area (Å²) in [6, 6.07) is 0. The van der Waals surface area contributed by atoms with Gasteiger partial charge in [-0.05, 0) is 25.8 Å². The van der Waals surface area contributed by atoms with Crippen molar-refractivity contribution < 1.29 is 9.90 Å². The van der Waals surface area contributed by atoms with Crippen LogP contribution in [-0.2, 0) is 4.79 Å². The molecule has 0 heterocycles. The van der Waals surface area contributed by atoms with Gasteiger partial charge in [0.15, 0.2) is 0 Å². The molecule has 1 unspecified atom stereocenters. The first-order valence-electron chi connectivity index (χ1n) is 4.57. The second-order valence-corrected chi connectivity index (χ2v) is 3.82. The van der Waals surface area contributed by atoms with Crippen LogP contribution in [0.3, 0.4) is 0 Å². The van der Waals surface area contributed by atoms with Gasteiger partial charge in [-0.25, -0.2) is 0 Å². The molecular formula is C9H17NO2. The Morgan fingerprint density at radius 2 is 2.25 bits per heavy atom. The lowest BCUT2D eigenvalue weighted by Crippen LogP contribution is -2.49. The van der Waals surface area contributed by atoms with Gasteiger partial charge in [-0.2, -0.15) is 0 Å². The van der Waals surface area contributed by atoms with Gasteiger partial charge in [-0.3, -0.25) is 4.79 Å². The summed E-state index contributed by atoms with van der Waals surface area (Å²) < 4.78 is 0. The molecule has 1 rings (SSSR count). The van der Waals surface area contributed by atoms with E-state index in [0.29, 0.717) is 5.92 Å². The van der Waals surface area contributed by atoms with Crippen LogP contribution in [0.4, 0.5) is 0 Å². The topological polar surface area (TPSA) is 49.3 Å². The minimum absolute atomic E-state index is 0.644. The van der Waals surface area contributed by atoms with E-state index in [1.165, 1.54) is 12.8 Å². The second kappa shape index (κ2) is 3.44. The first-order valence-corrected chi connectivity index (χ1v) is 4.57. The van der Waals surface area contributed by atoms with Gasteiger partial charge in [-0.1, -0.05) is 19.8 Å². The Morgan fingerprint density at radius 1 is 1.67 bits per heavy atom. The third kappa shape index (κ3) is 2.21. The highest BCUT2D eigenvalue weighted by atomic mass is 16.4. The number of hydrogen-bond acceptors (Lipinski definition) is 2. The van der Waals surface area contributed by atoms with E-state index in [-0.39, 0.29) is 0 Å². The number of hydrogen-bond donors (Lipinski definition) is 2. The standard InChI is InChI=1S/C9H17NO2/c1-3-10-9(2,8(11)12)6-7-4-5-7/h7,10H,3-6H2,1-2H3,(H,11,12). The molecule has 0 saturated heterocycles. The molecule has 12 heavy (non-hydrogen) atoms. The van der Waals surface area contributed by atoms with Gasteiger partial charge in [0.1, 0.15) is 5.54 Å². The van der Waals surface area contributed by atoms with Crippen LogP contribution in [0.1, 0.15) is 33.1 Å². The number of carboxylic acid groups (broad SMARTS) is 1. The number of nitrogens with one attached hydrogen (secondary N) is 1. The largest absolute Gasteiger partial charge is 0.480 e. The third-order valence-corrected chi connectivity index (χ3v) is 2.43. The molecule has 2 N–H and O–H groups in total. The normalized spacial score (nSPS) is 21.8. The van der Waals surface area contributed by atoms with Crippen LogP contribution >= 0.6 is 0 Å². The van der Waals surface area contributed by atoms with Gasteiger partial charge in [0.25, 0.3) is 0 Å². The molecule has 0 aromatic heterocycles. The van der Waals surface area contributed by atoms with E-state index in [1.807, 2.05) is 6.92 Å². The minimum Gasteiger partial charge on any atom is -0.480 e. The number of carboxylic acids is 1. The zero-order valence-corrected chi connectivity index (χ0v) is 7.76. The second-order valence-electron chi connectivity index (χ2n) is 3.82. The van der Waals surface area contributed by atoms with E-state index in [2.05, 4.69) is 5.32 Å². The van der Waals surface area contributed by atoms with Crippen molar-refractivity contribution in [1.82, 2.24) is 5.32 Å². The van der Waals surface area contributed by atoms with Crippen molar-refractivity contribution in [2.24, 2.45) is 5.92 Å². The predicted molar refractivity (Wildman–Crippen MR) is 47.1 cm³/mol. The van der Waals surface area contributed by atoms with Crippen molar-refractivity contribution in [3.05, 3.63) is 0 Å². The lowest BCUT2D eigenvalue weighted by atomic mass is 9.95. The molecule has 0 radical (unpaired) electrons. The van der Waals surface area contributed by atoms with E-state index in [1.54, 1.807) is 6.92 Å². The zero-order chi connectivity index (χ0) is 9.19. The molecule has 1 saturated carbocycles. The van der Waals surface area contributed by atoms with E-state index >= 15 is 0 Å². The molecular weight excluding hydrogens is 154 g/mol. The fourth-order valence-corrected chi connectivity index (χ4v) is 1.52. The van der Waals surface area contributed by atoms with Crippen LogP contribution in [0.5, 0.6) is 0 Å². The van der Waals surface area contributed by atoms with Crippen LogP contribution in [0, 0.1) is 5.92 Å².